The molecule has 11 aromatic carbocycles. The summed E-state index contributed by atoms with van der Waals surface area (Å²) >= 11 is 0. The van der Waals surface area contributed by atoms with Gasteiger partial charge in [0.25, 0.3) is 0 Å². The number of anilines is 3. The minimum Gasteiger partial charge on any atom is -0.455 e. The van der Waals surface area contributed by atoms with Crippen LogP contribution >= 0.6 is 0 Å². The zero-order chi connectivity index (χ0) is 41.0. The Bertz CT molecular complexity index is 3620. The molecule has 2 heteroatoms. The smallest absolute Gasteiger partial charge is 0.143 e. The monoisotopic (exact) mass is 789 g/mol. The molecule has 290 valence electrons. The summed E-state index contributed by atoms with van der Waals surface area (Å²) in [7, 11) is 0. The third kappa shape index (κ3) is 6.12. The number of hydrogen-bond donors (Lipinski definition) is 0. The summed E-state index contributed by atoms with van der Waals surface area (Å²) < 4.78 is 6.68. The van der Waals surface area contributed by atoms with Crippen LogP contribution < -0.4 is 4.90 Å². The molecule has 0 saturated heterocycles. The van der Waals surface area contributed by atoms with Crippen molar-refractivity contribution in [3.05, 3.63) is 237 Å². The lowest BCUT2D eigenvalue weighted by molar-refractivity contribution is 0.673. The molecule has 1 aromatic heterocycles. The van der Waals surface area contributed by atoms with Gasteiger partial charge in [-0.25, -0.2) is 0 Å². The first-order valence-corrected chi connectivity index (χ1v) is 21.2. The molecule has 0 unspecified atom stereocenters. The Balaban J connectivity index is 0.993. The van der Waals surface area contributed by atoms with Gasteiger partial charge < -0.3 is 9.32 Å². The van der Waals surface area contributed by atoms with E-state index in [0.717, 1.165) is 55.5 Å². The number of fused-ring (bicyclic) bond motifs is 8. The molecule has 0 aliphatic heterocycles. The van der Waals surface area contributed by atoms with Crippen LogP contribution in [0.25, 0.3) is 98.8 Å². The molecular formula is C60H39NO. The fourth-order valence-corrected chi connectivity index (χ4v) is 9.41. The quantitative estimate of drug-likeness (QED) is 0.150. The lowest BCUT2D eigenvalue weighted by Crippen LogP contribution is -2.11. The second kappa shape index (κ2) is 14.8. The molecule has 0 aliphatic carbocycles. The maximum Gasteiger partial charge on any atom is 0.143 e. The van der Waals surface area contributed by atoms with Gasteiger partial charge in [-0.2, -0.15) is 0 Å². The van der Waals surface area contributed by atoms with Gasteiger partial charge in [0.05, 0.1) is 5.69 Å². The average Bonchev–Trinajstić information content (AvgIpc) is 3.75. The van der Waals surface area contributed by atoms with Crippen molar-refractivity contribution in [3.8, 4) is 44.5 Å². The summed E-state index contributed by atoms with van der Waals surface area (Å²) in [6.45, 7) is 0. The SMILES string of the molecule is c1ccc(-c2cccc(-c3ccc(N(c4ccc(-c5ccc6c(ccc7ccccc76)c5)cc4)c4ccccc4-c4cccc5oc6c7ccccc7ccc6c45)cc3)c2)cc1. The molecule has 0 N–H and O–H groups in total. The van der Waals surface area contributed by atoms with Crippen LogP contribution in [0.2, 0.25) is 0 Å². The Morgan fingerprint density at radius 2 is 0.790 bits per heavy atom. The highest BCUT2D eigenvalue weighted by atomic mass is 16.3. The van der Waals surface area contributed by atoms with Crippen LogP contribution in [0.4, 0.5) is 17.1 Å². The highest BCUT2D eigenvalue weighted by Gasteiger charge is 2.21. The van der Waals surface area contributed by atoms with Crippen molar-refractivity contribution in [2.24, 2.45) is 0 Å². The van der Waals surface area contributed by atoms with Crippen molar-refractivity contribution in [3.63, 3.8) is 0 Å². The third-order valence-corrected chi connectivity index (χ3v) is 12.5. The van der Waals surface area contributed by atoms with E-state index in [9.17, 15) is 0 Å². The van der Waals surface area contributed by atoms with Crippen molar-refractivity contribution in [1.82, 2.24) is 0 Å². The van der Waals surface area contributed by atoms with Gasteiger partial charge in [0.1, 0.15) is 11.2 Å². The van der Waals surface area contributed by atoms with Crippen molar-refractivity contribution in [1.29, 1.82) is 0 Å². The number of furan rings is 1. The number of nitrogens with zero attached hydrogens (tertiary/aromatic N) is 1. The highest BCUT2D eigenvalue weighted by molar-refractivity contribution is 6.20. The van der Waals surface area contributed by atoms with E-state index >= 15 is 0 Å². The van der Waals surface area contributed by atoms with E-state index in [1.54, 1.807) is 0 Å². The first kappa shape index (κ1) is 35.7. The number of rotatable bonds is 7. The van der Waals surface area contributed by atoms with Gasteiger partial charge in [-0.15, -0.1) is 0 Å². The van der Waals surface area contributed by atoms with Gasteiger partial charge in [-0.05, 0) is 120 Å². The van der Waals surface area contributed by atoms with Crippen LogP contribution in [0, 0.1) is 0 Å². The van der Waals surface area contributed by atoms with Crippen molar-refractivity contribution in [2.45, 2.75) is 0 Å². The molecule has 0 amide bonds. The Morgan fingerprint density at radius 3 is 1.55 bits per heavy atom. The predicted molar refractivity (Wildman–Crippen MR) is 263 cm³/mol. The average molecular weight is 790 g/mol. The van der Waals surface area contributed by atoms with E-state index in [1.165, 1.54) is 60.3 Å². The van der Waals surface area contributed by atoms with Gasteiger partial charge in [-0.3, -0.25) is 0 Å². The maximum atomic E-state index is 6.68. The van der Waals surface area contributed by atoms with Gasteiger partial charge in [0.2, 0.25) is 0 Å². The van der Waals surface area contributed by atoms with Crippen LogP contribution in [0.3, 0.4) is 0 Å². The van der Waals surface area contributed by atoms with Crippen molar-refractivity contribution in [2.75, 3.05) is 4.90 Å². The van der Waals surface area contributed by atoms with Crippen LogP contribution in [0.1, 0.15) is 0 Å². The first-order chi connectivity index (χ1) is 30.7. The van der Waals surface area contributed by atoms with Crippen LogP contribution in [0.15, 0.2) is 241 Å². The summed E-state index contributed by atoms with van der Waals surface area (Å²) in [6, 6.07) is 85.4. The lowest BCUT2D eigenvalue weighted by atomic mass is 9.95. The normalized spacial score (nSPS) is 11.5. The summed E-state index contributed by atoms with van der Waals surface area (Å²) in [5.41, 5.74) is 14.4. The van der Waals surface area contributed by atoms with E-state index in [4.69, 9.17) is 4.42 Å². The summed E-state index contributed by atoms with van der Waals surface area (Å²) in [5, 5.41) is 9.58. The van der Waals surface area contributed by atoms with E-state index in [-0.39, 0.29) is 0 Å². The second-order valence-electron chi connectivity index (χ2n) is 16.1. The van der Waals surface area contributed by atoms with Gasteiger partial charge in [0, 0.05) is 33.1 Å². The molecule has 62 heavy (non-hydrogen) atoms. The third-order valence-electron chi connectivity index (χ3n) is 12.5. The van der Waals surface area contributed by atoms with E-state index in [2.05, 4.69) is 241 Å². The molecule has 0 bridgehead atoms. The zero-order valence-corrected chi connectivity index (χ0v) is 33.9. The lowest BCUT2D eigenvalue weighted by Gasteiger charge is -2.28. The fraction of sp³-hybridized carbons (Fsp3) is 0. The van der Waals surface area contributed by atoms with E-state index in [0.29, 0.717) is 0 Å². The van der Waals surface area contributed by atoms with E-state index < -0.39 is 0 Å². The topological polar surface area (TPSA) is 16.4 Å². The maximum absolute atomic E-state index is 6.68. The molecule has 12 rings (SSSR count). The summed E-state index contributed by atoms with van der Waals surface area (Å²) in [5.74, 6) is 0. The van der Waals surface area contributed by atoms with Crippen molar-refractivity contribution < 1.29 is 4.42 Å². The summed E-state index contributed by atoms with van der Waals surface area (Å²) in [6.07, 6.45) is 0. The minimum absolute atomic E-state index is 0.880. The molecule has 0 spiro atoms. The van der Waals surface area contributed by atoms with Crippen LogP contribution in [-0.4, -0.2) is 0 Å². The predicted octanol–water partition coefficient (Wildman–Crippen LogP) is 17.2. The second-order valence-corrected chi connectivity index (χ2v) is 16.1. The zero-order valence-electron chi connectivity index (χ0n) is 33.9. The Kier molecular flexibility index (Phi) is 8.53. The first-order valence-electron chi connectivity index (χ1n) is 21.2. The van der Waals surface area contributed by atoms with Gasteiger partial charge >= 0.3 is 0 Å². The standard InChI is InChI=1S/C60H39NO/c1-2-12-40(13-3-1)45-16-10-17-46(38-45)41-26-32-49(33-27-41)61(50-34-28-42(29-35-50)47-31-36-52-48(39-47)25-24-43-14-4-6-18-51(43)52)57-22-9-8-20-54(57)55-21-11-23-58-59(55)56-37-30-44-15-5-7-19-53(44)60(56)62-58/h1-39H. The minimum atomic E-state index is 0.880. The number of para-hydroxylation sites is 1. The molecule has 0 saturated carbocycles. The largest absolute Gasteiger partial charge is 0.455 e. The summed E-state index contributed by atoms with van der Waals surface area (Å²) in [4.78, 5) is 2.40. The van der Waals surface area contributed by atoms with Crippen LogP contribution in [-0.2, 0) is 0 Å². The fourth-order valence-electron chi connectivity index (χ4n) is 9.41. The van der Waals surface area contributed by atoms with Crippen molar-refractivity contribution >= 4 is 71.3 Å². The molecule has 12 aromatic rings. The Morgan fingerprint density at radius 1 is 0.290 bits per heavy atom. The highest BCUT2D eigenvalue weighted by Crippen LogP contribution is 2.46. The van der Waals surface area contributed by atoms with E-state index in [1.807, 2.05) is 0 Å². The van der Waals surface area contributed by atoms with Gasteiger partial charge in [-0.1, -0.05) is 182 Å². The number of hydrogen-bond acceptors (Lipinski definition) is 2. The molecular weight excluding hydrogens is 751 g/mol. The molecule has 0 aliphatic rings. The molecule has 0 atom stereocenters. The molecule has 0 fully saturated rings. The molecule has 0 radical (unpaired) electrons. The molecule has 2 nitrogen and oxygen atoms in total. The van der Waals surface area contributed by atoms with Crippen LogP contribution in [0.5, 0.6) is 0 Å². The van der Waals surface area contributed by atoms with Gasteiger partial charge in [0.15, 0.2) is 0 Å². The Hall–Kier alpha value is -8.20. The number of benzene rings is 11. The Labute approximate surface area is 360 Å². The molecule has 1 heterocycles.